The van der Waals surface area contributed by atoms with E-state index in [1.807, 2.05) is 0 Å². The molecule has 0 fully saturated rings. The van der Waals surface area contributed by atoms with Gasteiger partial charge in [0, 0.05) is 0 Å². The Morgan fingerprint density at radius 1 is 0.917 bits per heavy atom. The maximum atomic E-state index is 12.9. The van der Waals surface area contributed by atoms with E-state index in [4.69, 9.17) is 4.74 Å². The summed E-state index contributed by atoms with van der Waals surface area (Å²) in [6.45, 7) is 3.52. The Kier molecular flexibility index (Phi) is 5.46. The lowest BCUT2D eigenvalue weighted by molar-refractivity contribution is 0.269. The van der Waals surface area contributed by atoms with Crippen molar-refractivity contribution in [3.05, 3.63) is 70.7 Å². The van der Waals surface area contributed by atoms with Crippen molar-refractivity contribution < 1.29 is 21.6 Å². The largest absolute Gasteiger partial charge is 0.499 e. The summed E-state index contributed by atoms with van der Waals surface area (Å²) in [5.74, 6) is 0. The van der Waals surface area contributed by atoms with Crippen molar-refractivity contribution in [2.45, 2.75) is 23.6 Å². The molecule has 0 aliphatic heterocycles. The molecule has 24 heavy (non-hydrogen) atoms. The highest BCUT2D eigenvalue weighted by atomic mass is 32.3. The molecular formula is C17H18O5S2. The van der Waals surface area contributed by atoms with Gasteiger partial charge in [-0.05, 0) is 43.7 Å². The molecule has 7 heteroatoms. The molecule has 0 aliphatic carbocycles. The van der Waals surface area contributed by atoms with E-state index >= 15 is 0 Å². The van der Waals surface area contributed by atoms with Crippen molar-refractivity contribution in [2.75, 3.05) is 6.61 Å². The van der Waals surface area contributed by atoms with Gasteiger partial charge in [-0.15, -0.1) is 0 Å². The van der Waals surface area contributed by atoms with Crippen LogP contribution in [0.15, 0.2) is 74.9 Å². The fourth-order valence-electron chi connectivity index (χ4n) is 2.04. The molecule has 0 saturated heterocycles. The standard InChI is InChI=1S/C17H18O5S2/c1-3-22-13-17(23(18,19)15-9-5-4-6-10-15)24(20,21)16-11-7-8-14(2)12-16/h4-13H,3H2,1-2H3. The SMILES string of the molecule is CCOC=C(S(=O)(=O)c1ccccc1)S(=O)(=O)c1cccc(C)c1. The van der Waals surface area contributed by atoms with Crippen molar-refractivity contribution >= 4 is 19.7 Å². The van der Waals surface area contributed by atoms with Crippen LogP contribution in [-0.4, -0.2) is 23.4 Å². The monoisotopic (exact) mass is 366 g/mol. The van der Waals surface area contributed by atoms with E-state index in [0.717, 1.165) is 6.26 Å². The Balaban J connectivity index is 2.66. The number of sulfone groups is 2. The fourth-order valence-corrected chi connectivity index (χ4v) is 5.74. The number of hydrogen-bond acceptors (Lipinski definition) is 5. The van der Waals surface area contributed by atoms with E-state index in [-0.39, 0.29) is 16.4 Å². The average Bonchev–Trinajstić information content (AvgIpc) is 2.55. The highest BCUT2D eigenvalue weighted by molar-refractivity contribution is 8.14. The van der Waals surface area contributed by atoms with Crippen molar-refractivity contribution in [2.24, 2.45) is 0 Å². The summed E-state index contributed by atoms with van der Waals surface area (Å²) in [4.78, 5) is -0.194. The molecule has 0 aromatic heterocycles. The van der Waals surface area contributed by atoms with Gasteiger partial charge in [-0.3, -0.25) is 0 Å². The molecule has 5 nitrogen and oxygen atoms in total. The Morgan fingerprint density at radius 2 is 1.50 bits per heavy atom. The molecule has 0 N–H and O–H groups in total. The Morgan fingerprint density at radius 3 is 2.08 bits per heavy atom. The predicted molar refractivity (Wildman–Crippen MR) is 91.7 cm³/mol. The summed E-state index contributed by atoms with van der Waals surface area (Å²) in [7, 11) is -8.50. The molecule has 2 aromatic rings. The van der Waals surface area contributed by atoms with E-state index in [2.05, 4.69) is 0 Å². The molecule has 0 bridgehead atoms. The topological polar surface area (TPSA) is 77.5 Å². The van der Waals surface area contributed by atoms with Crippen LogP contribution in [0, 0.1) is 6.92 Å². The first-order valence-corrected chi connectivity index (χ1v) is 10.2. The zero-order valence-electron chi connectivity index (χ0n) is 13.3. The Hall–Kier alpha value is -2.12. The highest BCUT2D eigenvalue weighted by Gasteiger charge is 2.34. The van der Waals surface area contributed by atoms with Crippen LogP contribution in [0.1, 0.15) is 12.5 Å². The quantitative estimate of drug-likeness (QED) is 0.734. The van der Waals surface area contributed by atoms with Crippen LogP contribution in [0.25, 0.3) is 0 Å². The van der Waals surface area contributed by atoms with Gasteiger partial charge in [-0.1, -0.05) is 30.3 Å². The number of ether oxygens (including phenoxy) is 1. The third kappa shape index (κ3) is 3.68. The average molecular weight is 366 g/mol. The minimum absolute atomic E-state index is 0.0899. The van der Waals surface area contributed by atoms with E-state index in [9.17, 15) is 16.8 Å². The molecule has 2 aromatic carbocycles. The maximum Gasteiger partial charge on any atom is 0.221 e. The van der Waals surface area contributed by atoms with Crippen molar-refractivity contribution in [3.8, 4) is 0 Å². The van der Waals surface area contributed by atoms with Gasteiger partial charge in [0.05, 0.1) is 16.4 Å². The van der Waals surface area contributed by atoms with Gasteiger partial charge in [0.25, 0.3) is 0 Å². The Bertz CT molecular complexity index is 943. The van der Waals surface area contributed by atoms with Crippen LogP contribution in [0.3, 0.4) is 0 Å². The second kappa shape index (κ2) is 7.19. The predicted octanol–water partition coefficient (Wildman–Crippen LogP) is 3.08. The van der Waals surface area contributed by atoms with Crippen LogP contribution < -0.4 is 0 Å². The molecule has 0 spiro atoms. The molecule has 0 unspecified atom stereocenters. The molecule has 0 atom stereocenters. The summed E-state index contributed by atoms with van der Waals surface area (Å²) in [5.41, 5.74) is 0.712. The van der Waals surface area contributed by atoms with E-state index in [1.165, 1.54) is 36.4 Å². The minimum atomic E-state index is -4.25. The van der Waals surface area contributed by atoms with Crippen molar-refractivity contribution in [1.29, 1.82) is 0 Å². The summed E-state index contributed by atoms with van der Waals surface area (Å²) < 4.78 is 55.6. The van der Waals surface area contributed by atoms with Crippen LogP contribution in [0.2, 0.25) is 0 Å². The Labute approximate surface area is 142 Å². The second-order valence-electron chi connectivity index (χ2n) is 5.03. The van der Waals surface area contributed by atoms with Crippen LogP contribution in [0.4, 0.5) is 0 Å². The molecule has 2 rings (SSSR count). The van der Waals surface area contributed by atoms with Gasteiger partial charge in [-0.2, -0.15) is 0 Å². The first kappa shape index (κ1) is 18.2. The van der Waals surface area contributed by atoms with Crippen molar-refractivity contribution in [3.63, 3.8) is 0 Å². The summed E-state index contributed by atoms with van der Waals surface area (Å²) in [6.07, 6.45) is 0.806. The molecule has 0 aliphatic rings. The number of aryl methyl sites for hydroxylation is 1. The van der Waals surface area contributed by atoms with Gasteiger partial charge in [0.1, 0.15) is 6.26 Å². The normalized spacial score (nSPS) is 12.8. The first-order chi connectivity index (χ1) is 11.3. The van der Waals surface area contributed by atoms with Crippen LogP contribution in [-0.2, 0) is 24.4 Å². The van der Waals surface area contributed by atoms with Gasteiger partial charge < -0.3 is 4.74 Å². The lowest BCUT2D eigenvalue weighted by Crippen LogP contribution is -2.16. The molecular weight excluding hydrogens is 348 g/mol. The van der Waals surface area contributed by atoms with E-state index in [1.54, 1.807) is 32.0 Å². The molecule has 0 amide bonds. The van der Waals surface area contributed by atoms with E-state index in [0.29, 0.717) is 5.56 Å². The lowest BCUT2D eigenvalue weighted by Gasteiger charge is -2.11. The molecule has 0 heterocycles. The van der Waals surface area contributed by atoms with Gasteiger partial charge >= 0.3 is 0 Å². The van der Waals surface area contributed by atoms with Crippen LogP contribution in [0.5, 0.6) is 0 Å². The minimum Gasteiger partial charge on any atom is -0.499 e. The third-order valence-corrected chi connectivity index (χ3v) is 7.56. The van der Waals surface area contributed by atoms with Crippen molar-refractivity contribution in [1.82, 2.24) is 0 Å². The molecule has 0 radical (unpaired) electrons. The highest BCUT2D eigenvalue weighted by Crippen LogP contribution is 2.29. The zero-order valence-corrected chi connectivity index (χ0v) is 15.0. The number of hydrogen-bond donors (Lipinski definition) is 0. The summed E-state index contributed by atoms with van der Waals surface area (Å²) in [5, 5.41) is 0. The molecule has 128 valence electrons. The smallest absolute Gasteiger partial charge is 0.221 e. The first-order valence-electron chi connectivity index (χ1n) is 7.24. The van der Waals surface area contributed by atoms with Crippen LogP contribution >= 0.6 is 0 Å². The number of benzene rings is 2. The third-order valence-electron chi connectivity index (χ3n) is 3.23. The maximum absolute atomic E-state index is 12.9. The zero-order chi connectivity index (χ0) is 17.8. The lowest BCUT2D eigenvalue weighted by atomic mass is 10.2. The van der Waals surface area contributed by atoms with E-state index < -0.39 is 23.9 Å². The second-order valence-corrected chi connectivity index (χ2v) is 9.12. The number of rotatable bonds is 6. The van der Waals surface area contributed by atoms with Gasteiger partial charge in [-0.25, -0.2) is 16.8 Å². The van der Waals surface area contributed by atoms with Gasteiger partial charge in [0.2, 0.25) is 23.9 Å². The summed E-state index contributed by atoms with van der Waals surface area (Å²) >= 11 is 0. The fraction of sp³-hybridized carbons (Fsp3) is 0.176. The van der Waals surface area contributed by atoms with Gasteiger partial charge in [0.15, 0.2) is 0 Å². The molecule has 0 saturated carbocycles. The summed E-state index contributed by atoms with van der Waals surface area (Å²) in [6, 6.07) is 13.5.